The van der Waals surface area contributed by atoms with Crippen LogP contribution in [0.15, 0.2) is 0 Å². The number of aromatic nitrogens is 1. The Kier molecular flexibility index (Phi) is 3.06. The maximum atomic E-state index is 6.12. The first-order chi connectivity index (χ1) is 8.25. The minimum absolute atomic E-state index is 0.153. The molecular formula is C12H19N3OS. The summed E-state index contributed by atoms with van der Waals surface area (Å²) in [6.45, 7) is 4.75. The number of thiazole rings is 1. The summed E-state index contributed by atoms with van der Waals surface area (Å²) in [7, 11) is 0. The van der Waals surface area contributed by atoms with Gasteiger partial charge in [-0.3, -0.25) is 0 Å². The Bertz CT molecular complexity index is 406. The molecule has 5 heteroatoms. The average molecular weight is 253 g/mol. The highest BCUT2D eigenvalue weighted by molar-refractivity contribution is 7.15. The van der Waals surface area contributed by atoms with Gasteiger partial charge >= 0.3 is 0 Å². The number of ether oxygens (including phenoxy) is 1. The van der Waals surface area contributed by atoms with E-state index in [2.05, 4.69) is 11.8 Å². The van der Waals surface area contributed by atoms with Crippen LogP contribution in [0.3, 0.4) is 0 Å². The van der Waals surface area contributed by atoms with E-state index in [0.717, 1.165) is 43.4 Å². The van der Waals surface area contributed by atoms with Crippen LogP contribution in [-0.4, -0.2) is 30.8 Å². The summed E-state index contributed by atoms with van der Waals surface area (Å²) in [6.07, 6.45) is 3.43. The van der Waals surface area contributed by atoms with Crippen LogP contribution in [0, 0.1) is 0 Å². The molecule has 1 aliphatic carbocycles. The van der Waals surface area contributed by atoms with Gasteiger partial charge in [-0.15, -0.1) is 11.3 Å². The number of hydrogen-bond donors (Lipinski definition) is 1. The molecule has 1 saturated heterocycles. The Morgan fingerprint density at radius 1 is 1.53 bits per heavy atom. The van der Waals surface area contributed by atoms with Crippen LogP contribution in [0.2, 0.25) is 0 Å². The van der Waals surface area contributed by atoms with Crippen LogP contribution in [0.4, 0.5) is 5.13 Å². The molecule has 2 aliphatic rings. The maximum absolute atomic E-state index is 6.12. The van der Waals surface area contributed by atoms with Crippen molar-refractivity contribution in [3.8, 4) is 0 Å². The smallest absolute Gasteiger partial charge is 0.186 e. The number of fused-ring (bicyclic) bond motifs is 1. The van der Waals surface area contributed by atoms with Gasteiger partial charge in [-0.05, 0) is 26.2 Å². The molecule has 0 spiro atoms. The monoisotopic (exact) mass is 253 g/mol. The third kappa shape index (κ3) is 2.07. The van der Waals surface area contributed by atoms with E-state index in [9.17, 15) is 0 Å². The van der Waals surface area contributed by atoms with E-state index >= 15 is 0 Å². The van der Waals surface area contributed by atoms with Crippen LogP contribution in [0.5, 0.6) is 0 Å². The van der Waals surface area contributed by atoms with Gasteiger partial charge in [-0.25, -0.2) is 4.98 Å². The molecule has 0 bridgehead atoms. The fourth-order valence-corrected chi connectivity index (χ4v) is 3.87. The summed E-state index contributed by atoms with van der Waals surface area (Å²) in [5.74, 6) is 0. The van der Waals surface area contributed by atoms with Gasteiger partial charge in [0.1, 0.15) is 0 Å². The number of aryl methyl sites for hydroxylation is 1. The number of anilines is 1. The molecule has 0 amide bonds. The molecular weight excluding hydrogens is 234 g/mol. The van der Waals surface area contributed by atoms with Crippen LogP contribution in [0.1, 0.15) is 36.4 Å². The molecule has 17 heavy (non-hydrogen) atoms. The quantitative estimate of drug-likeness (QED) is 0.827. The maximum Gasteiger partial charge on any atom is 0.186 e. The van der Waals surface area contributed by atoms with Gasteiger partial charge in [-0.2, -0.15) is 0 Å². The molecule has 0 radical (unpaired) electrons. The highest BCUT2D eigenvalue weighted by Crippen LogP contribution is 2.36. The predicted molar refractivity (Wildman–Crippen MR) is 69.6 cm³/mol. The molecule has 2 N–H and O–H groups in total. The fraction of sp³-hybridized carbons (Fsp3) is 0.750. The van der Waals surface area contributed by atoms with E-state index in [4.69, 9.17) is 15.5 Å². The van der Waals surface area contributed by atoms with Gasteiger partial charge in [0.2, 0.25) is 0 Å². The van der Waals surface area contributed by atoms with Gasteiger partial charge in [0.15, 0.2) is 5.13 Å². The minimum atomic E-state index is 0.153. The van der Waals surface area contributed by atoms with E-state index in [1.807, 2.05) is 11.3 Å². The Hall–Kier alpha value is -0.650. The van der Waals surface area contributed by atoms with Gasteiger partial charge in [-0.1, -0.05) is 0 Å². The largest absolute Gasteiger partial charge is 0.377 e. The first-order valence-electron chi connectivity index (χ1n) is 6.35. The van der Waals surface area contributed by atoms with Crippen molar-refractivity contribution in [2.75, 3.05) is 24.7 Å². The van der Waals surface area contributed by atoms with E-state index < -0.39 is 0 Å². The van der Waals surface area contributed by atoms with Crippen LogP contribution < -0.4 is 10.6 Å². The third-order valence-corrected chi connectivity index (χ3v) is 4.77. The van der Waals surface area contributed by atoms with Gasteiger partial charge < -0.3 is 15.4 Å². The molecule has 1 aromatic rings. The molecule has 94 valence electrons. The van der Waals surface area contributed by atoms with Gasteiger partial charge in [0.05, 0.1) is 24.9 Å². The molecule has 3 rings (SSSR count). The zero-order chi connectivity index (χ0) is 11.8. The van der Waals surface area contributed by atoms with Crippen molar-refractivity contribution in [3.05, 3.63) is 10.6 Å². The number of hydrogen-bond acceptors (Lipinski definition) is 5. The number of nitrogens with two attached hydrogens (primary N) is 1. The summed E-state index contributed by atoms with van der Waals surface area (Å²) in [5, 5.41) is 1.14. The second-order valence-corrected chi connectivity index (χ2v) is 5.98. The minimum Gasteiger partial charge on any atom is -0.377 e. The Morgan fingerprint density at radius 3 is 3.18 bits per heavy atom. The van der Waals surface area contributed by atoms with E-state index in [1.165, 1.54) is 11.3 Å². The fourth-order valence-electron chi connectivity index (χ4n) is 2.57. The SMILES string of the molecule is CC1COCCN1c1nc2c(s1)CCCC2N. The molecule has 0 saturated carbocycles. The van der Waals surface area contributed by atoms with Crippen LogP contribution in [0.25, 0.3) is 0 Å². The van der Waals surface area contributed by atoms with Crippen molar-refractivity contribution in [3.63, 3.8) is 0 Å². The average Bonchev–Trinajstić information content (AvgIpc) is 2.75. The van der Waals surface area contributed by atoms with Crippen molar-refractivity contribution < 1.29 is 4.74 Å². The molecule has 0 aromatic carbocycles. The lowest BCUT2D eigenvalue weighted by Gasteiger charge is -2.32. The predicted octanol–water partition coefficient (Wildman–Crippen LogP) is 1.70. The van der Waals surface area contributed by atoms with Crippen molar-refractivity contribution in [1.82, 2.24) is 4.98 Å². The molecule has 2 atom stereocenters. The van der Waals surface area contributed by atoms with E-state index in [1.54, 1.807) is 0 Å². The summed E-state index contributed by atoms with van der Waals surface area (Å²) in [5.41, 5.74) is 7.27. The van der Waals surface area contributed by atoms with Crippen molar-refractivity contribution in [2.24, 2.45) is 5.73 Å². The Morgan fingerprint density at radius 2 is 2.41 bits per heavy atom. The summed E-state index contributed by atoms with van der Waals surface area (Å²) >= 11 is 1.83. The first-order valence-corrected chi connectivity index (χ1v) is 7.17. The van der Waals surface area contributed by atoms with E-state index in [0.29, 0.717) is 6.04 Å². The van der Waals surface area contributed by atoms with Gasteiger partial charge in [0, 0.05) is 17.5 Å². The Balaban J connectivity index is 1.88. The van der Waals surface area contributed by atoms with Crippen molar-refractivity contribution in [1.29, 1.82) is 0 Å². The zero-order valence-corrected chi connectivity index (χ0v) is 11.0. The zero-order valence-electron chi connectivity index (χ0n) is 10.2. The molecule has 4 nitrogen and oxygen atoms in total. The second-order valence-electron chi connectivity index (χ2n) is 4.92. The number of nitrogens with zero attached hydrogens (tertiary/aromatic N) is 2. The third-order valence-electron chi connectivity index (χ3n) is 3.60. The number of morpholine rings is 1. The highest BCUT2D eigenvalue weighted by atomic mass is 32.1. The van der Waals surface area contributed by atoms with Crippen molar-refractivity contribution >= 4 is 16.5 Å². The second kappa shape index (κ2) is 4.55. The normalized spacial score (nSPS) is 29.2. The lowest BCUT2D eigenvalue weighted by Crippen LogP contribution is -2.43. The van der Waals surface area contributed by atoms with Crippen molar-refractivity contribution in [2.45, 2.75) is 38.3 Å². The number of rotatable bonds is 1. The molecule has 1 aliphatic heterocycles. The van der Waals surface area contributed by atoms with E-state index in [-0.39, 0.29) is 6.04 Å². The summed E-state index contributed by atoms with van der Waals surface area (Å²) < 4.78 is 5.47. The standard InChI is InChI=1S/C12H19N3OS/c1-8-7-16-6-5-15(8)12-14-11-9(13)3-2-4-10(11)17-12/h8-9H,2-7,13H2,1H3. The summed E-state index contributed by atoms with van der Waals surface area (Å²) in [4.78, 5) is 8.53. The topological polar surface area (TPSA) is 51.4 Å². The lowest BCUT2D eigenvalue weighted by molar-refractivity contribution is 0.0989. The molecule has 1 fully saturated rings. The summed E-state index contributed by atoms with van der Waals surface area (Å²) in [6, 6.07) is 0.577. The van der Waals surface area contributed by atoms with Gasteiger partial charge in [0.25, 0.3) is 0 Å². The Labute approximate surface area is 106 Å². The molecule has 2 unspecified atom stereocenters. The van der Waals surface area contributed by atoms with Crippen LogP contribution >= 0.6 is 11.3 Å². The lowest BCUT2D eigenvalue weighted by atomic mass is 9.99. The van der Waals surface area contributed by atoms with Crippen LogP contribution in [-0.2, 0) is 11.2 Å². The molecule has 2 heterocycles. The first kappa shape index (κ1) is 11.4. The molecule has 1 aromatic heterocycles. The highest BCUT2D eigenvalue weighted by Gasteiger charge is 2.27.